The second kappa shape index (κ2) is 9.60. The molecule has 0 unspecified atom stereocenters. The first-order valence-corrected chi connectivity index (χ1v) is 11.2. The number of fused-ring (bicyclic) bond motifs is 1. The molecule has 1 aromatic heterocycles. The van der Waals surface area contributed by atoms with Gasteiger partial charge in [0.2, 0.25) is 11.1 Å². The lowest BCUT2D eigenvalue weighted by Crippen LogP contribution is -2.41. The van der Waals surface area contributed by atoms with Gasteiger partial charge in [0.1, 0.15) is 5.75 Å². The number of nitrogens with zero attached hydrogens (tertiary/aromatic N) is 4. The molecular formula is C24H24N4O5S. The van der Waals surface area contributed by atoms with Gasteiger partial charge in [-0.25, -0.2) is 9.69 Å². The normalized spacial score (nSPS) is 12.9. The maximum Gasteiger partial charge on any atom is 0.243 e. The van der Waals surface area contributed by atoms with Crippen LogP contribution in [0.15, 0.2) is 52.5 Å². The van der Waals surface area contributed by atoms with E-state index in [1.54, 1.807) is 37.1 Å². The van der Waals surface area contributed by atoms with Crippen molar-refractivity contribution in [1.29, 1.82) is 0 Å². The molecule has 2 aromatic carbocycles. The van der Waals surface area contributed by atoms with E-state index in [-0.39, 0.29) is 11.7 Å². The number of Topliss-reactive ketones (excluding diaryl/α,β-unsaturated/α-hetero) is 1. The van der Waals surface area contributed by atoms with E-state index in [1.165, 1.54) is 37.7 Å². The van der Waals surface area contributed by atoms with Gasteiger partial charge in [0, 0.05) is 18.9 Å². The Kier molecular flexibility index (Phi) is 6.60. The van der Waals surface area contributed by atoms with Crippen molar-refractivity contribution in [3.05, 3.63) is 64.3 Å². The van der Waals surface area contributed by atoms with Crippen molar-refractivity contribution >= 4 is 29.1 Å². The van der Waals surface area contributed by atoms with Crippen LogP contribution in [0.5, 0.6) is 17.2 Å². The molecule has 1 amide bonds. The number of allylic oxidation sites excluding steroid dienone is 1. The predicted octanol–water partition coefficient (Wildman–Crippen LogP) is 3.44. The summed E-state index contributed by atoms with van der Waals surface area (Å²) in [7, 11) is 4.69. The highest BCUT2D eigenvalue weighted by Gasteiger charge is 2.35. The average molecular weight is 481 g/mol. The van der Waals surface area contributed by atoms with Crippen LogP contribution >= 0.6 is 11.8 Å². The zero-order chi connectivity index (χ0) is 24.4. The van der Waals surface area contributed by atoms with E-state index in [0.717, 1.165) is 11.3 Å². The van der Waals surface area contributed by atoms with E-state index in [9.17, 15) is 9.59 Å². The molecule has 0 atom stereocenters. The van der Waals surface area contributed by atoms with E-state index < -0.39 is 0 Å². The molecule has 3 aromatic rings. The number of hydrogen-bond acceptors (Lipinski definition) is 8. The zero-order valence-electron chi connectivity index (χ0n) is 19.5. The summed E-state index contributed by atoms with van der Waals surface area (Å²) < 4.78 is 17.7. The number of methoxy groups -OCH3 is 3. The molecule has 0 bridgehead atoms. The van der Waals surface area contributed by atoms with E-state index in [2.05, 4.69) is 10.2 Å². The summed E-state index contributed by atoms with van der Waals surface area (Å²) in [6.45, 7) is 2.90. The Labute approximate surface area is 201 Å². The van der Waals surface area contributed by atoms with Gasteiger partial charge in [-0.05, 0) is 54.6 Å². The fourth-order valence-corrected chi connectivity index (χ4v) is 4.69. The first-order chi connectivity index (χ1) is 16.4. The largest absolute Gasteiger partial charge is 0.497 e. The maximum atomic E-state index is 13.0. The van der Waals surface area contributed by atoms with Gasteiger partial charge in [-0.3, -0.25) is 9.59 Å². The van der Waals surface area contributed by atoms with Crippen LogP contribution in [0.25, 0.3) is 5.70 Å². The van der Waals surface area contributed by atoms with Gasteiger partial charge in [-0.1, -0.05) is 12.1 Å². The van der Waals surface area contributed by atoms with Crippen molar-refractivity contribution in [2.75, 3.05) is 26.3 Å². The number of carbonyl (C=O) groups is 2. The van der Waals surface area contributed by atoms with Gasteiger partial charge in [0.05, 0.1) is 31.9 Å². The lowest BCUT2D eigenvalue weighted by molar-refractivity contribution is -0.117. The van der Waals surface area contributed by atoms with Crippen LogP contribution in [0.3, 0.4) is 0 Å². The van der Waals surface area contributed by atoms with Crippen LogP contribution < -0.4 is 19.2 Å². The third-order valence-electron chi connectivity index (χ3n) is 5.29. The van der Waals surface area contributed by atoms with Crippen LogP contribution in [0.2, 0.25) is 0 Å². The standard InChI is InChI=1S/C24H24N4O5S/c1-14(29)23-22(17-8-11-19(32-4)20(13-17)33-5)27(15(2)30)28-21(25-26-24(28)34-23)12-16-6-9-18(31-3)10-7-16/h6-11,13H,12H2,1-5H3. The minimum atomic E-state index is -0.291. The summed E-state index contributed by atoms with van der Waals surface area (Å²) in [6.07, 6.45) is 0.427. The summed E-state index contributed by atoms with van der Waals surface area (Å²) in [5, 5.41) is 10.5. The van der Waals surface area contributed by atoms with Crippen LogP contribution in [-0.2, 0) is 16.0 Å². The number of aromatic nitrogens is 3. The van der Waals surface area contributed by atoms with Gasteiger partial charge in [-0.15, -0.1) is 10.2 Å². The molecule has 0 saturated carbocycles. The van der Waals surface area contributed by atoms with Crippen molar-refractivity contribution in [3.8, 4) is 17.2 Å². The predicted molar refractivity (Wildman–Crippen MR) is 128 cm³/mol. The average Bonchev–Trinajstić information content (AvgIpc) is 3.24. The minimum absolute atomic E-state index is 0.188. The number of thioether (sulfide) groups is 1. The van der Waals surface area contributed by atoms with Crippen molar-refractivity contribution in [3.63, 3.8) is 0 Å². The molecule has 10 heteroatoms. The fraction of sp³-hybridized carbons (Fsp3) is 0.250. The van der Waals surface area contributed by atoms with Crippen LogP contribution in [0.4, 0.5) is 0 Å². The molecule has 9 nitrogen and oxygen atoms in total. The minimum Gasteiger partial charge on any atom is -0.497 e. The summed E-state index contributed by atoms with van der Waals surface area (Å²) >= 11 is 1.18. The molecular weight excluding hydrogens is 456 g/mol. The van der Waals surface area contributed by atoms with Gasteiger partial charge < -0.3 is 14.2 Å². The monoisotopic (exact) mass is 480 g/mol. The molecule has 0 fully saturated rings. The number of amides is 1. The molecule has 1 aliphatic rings. The first kappa shape index (κ1) is 23.4. The van der Waals surface area contributed by atoms with Crippen LogP contribution in [0.1, 0.15) is 30.8 Å². The molecule has 0 spiro atoms. The van der Waals surface area contributed by atoms with Gasteiger partial charge >= 0.3 is 0 Å². The van der Waals surface area contributed by atoms with Crippen molar-refractivity contribution in [2.24, 2.45) is 0 Å². The highest BCUT2D eigenvalue weighted by atomic mass is 32.2. The van der Waals surface area contributed by atoms with Crippen LogP contribution in [0, 0.1) is 0 Å². The number of hydrogen-bond donors (Lipinski definition) is 0. The van der Waals surface area contributed by atoms with Crippen molar-refractivity contribution < 1.29 is 23.8 Å². The number of benzene rings is 2. The van der Waals surface area contributed by atoms with Crippen LogP contribution in [-0.4, -0.2) is 47.9 Å². The third-order valence-corrected chi connectivity index (χ3v) is 6.42. The highest BCUT2D eigenvalue weighted by molar-refractivity contribution is 8.04. The van der Waals surface area contributed by atoms with E-state index >= 15 is 0 Å². The smallest absolute Gasteiger partial charge is 0.243 e. The first-order valence-electron chi connectivity index (χ1n) is 10.4. The molecule has 34 heavy (non-hydrogen) atoms. The molecule has 2 heterocycles. The maximum absolute atomic E-state index is 13.0. The molecule has 4 rings (SSSR count). The molecule has 176 valence electrons. The van der Waals surface area contributed by atoms with E-state index in [4.69, 9.17) is 14.2 Å². The summed E-state index contributed by atoms with van der Waals surface area (Å²) in [5.41, 5.74) is 2.04. The van der Waals surface area contributed by atoms with E-state index in [0.29, 0.717) is 45.1 Å². The Morgan fingerprint density at radius 2 is 1.62 bits per heavy atom. The van der Waals surface area contributed by atoms with Gasteiger partial charge in [0.15, 0.2) is 23.1 Å². The Morgan fingerprint density at radius 1 is 0.912 bits per heavy atom. The topological polar surface area (TPSA) is 95.8 Å². The summed E-state index contributed by atoms with van der Waals surface area (Å²) in [6, 6.07) is 12.9. The zero-order valence-corrected chi connectivity index (χ0v) is 20.3. The second-order valence-corrected chi connectivity index (χ2v) is 8.45. The Bertz CT molecular complexity index is 1280. The molecule has 1 aliphatic heterocycles. The fourth-order valence-electron chi connectivity index (χ4n) is 3.71. The van der Waals surface area contributed by atoms with Gasteiger partial charge in [-0.2, -0.15) is 0 Å². The lowest BCUT2D eigenvalue weighted by atomic mass is 10.1. The second-order valence-electron chi connectivity index (χ2n) is 7.47. The van der Waals surface area contributed by atoms with Crippen molar-refractivity contribution in [2.45, 2.75) is 25.4 Å². The number of rotatable bonds is 7. The number of ether oxygens (including phenoxy) is 3. The number of ketones is 1. The molecule has 0 saturated heterocycles. The van der Waals surface area contributed by atoms with Crippen molar-refractivity contribution in [1.82, 2.24) is 14.9 Å². The molecule has 0 radical (unpaired) electrons. The SMILES string of the molecule is COc1ccc(Cc2nnc3n2N(C(C)=O)C(c2ccc(OC)c(OC)c2)=C(C(C)=O)S3)cc1. The quantitative estimate of drug-likeness (QED) is 0.508. The molecule has 0 N–H and O–H groups in total. The number of carbonyl (C=O) groups excluding carboxylic acids is 2. The molecule has 0 aliphatic carbocycles. The summed E-state index contributed by atoms with van der Waals surface area (Å²) in [4.78, 5) is 26.0. The summed E-state index contributed by atoms with van der Waals surface area (Å²) in [5.74, 6) is 1.85. The highest BCUT2D eigenvalue weighted by Crippen LogP contribution is 2.41. The van der Waals surface area contributed by atoms with Gasteiger partial charge in [0.25, 0.3) is 0 Å². The Balaban J connectivity index is 1.84. The van der Waals surface area contributed by atoms with E-state index in [1.807, 2.05) is 24.3 Å². The lowest BCUT2D eigenvalue weighted by Gasteiger charge is -2.32. The Hall–Kier alpha value is -3.79. The third kappa shape index (κ3) is 4.24. The Morgan fingerprint density at radius 3 is 2.21 bits per heavy atom.